The van der Waals surface area contributed by atoms with Crippen LogP contribution in [0.15, 0.2) is 36.4 Å². The van der Waals surface area contributed by atoms with E-state index in [2.05, 4.69) is 11.4 Å². The molecule has 104 valence electrons. The third-order valence-corrected chi connectivity index (χ3v) is 4.20. The maximum atomic E-state index is 6.23. The van der Waals surface area contributed by atoms with Crippen molar-refractivity contribution in [2.24, 2.45) is 0 Å². The van der Waals surface area contributed by atoms with Crippen molar-refractivity contribution in [1.82, 2.24) is 0 Å². The van der Waals surface area contributed by atoms with Crippen LogP contribution in [0.3, 0.4) is 0 Å². The van der Waals surface area contributed by atoms with Crippen LogP contribution in [0, 0.1) is 0 Å². The lowest BCUT2D eigenvalue weighted by atomic mass is 10.1. The van der Waals surface area contributed by atoms with E-state index in [1.54, 1.807) is 7.11 Å². The molecule has 0 amide bonds. The fraction of sp³-hybridized carbons (Fsp3) is 0.250. The highest BCUT2D eigenvalue weighted by Gasteiger charge is 2.22. The summed E-state index contributed by atoms with van der Waals surface area (Å²) >= 11 is 12.3. The minimum absolute atomic E-state index is 0.341. The number of fused-ring (bicyclic) bond motifs is 1. The van der Waals surface area contributed by atoms with E-state index in [0.717, 1.165) is 29.3 Å². The molecule has 20 heavy (non-hydrogen) atoms. The summed E-state index contributed by atoms with van der Waals surface area (Å²) in [4.78, 5) is 0. The van der Waals surface area contributed by atoms with Crippen LogP contribution in [-0.4, -0.2) is 13.2 Å². The molecule has 3 rings (SSSR count). The second kappa shape index (κ2) is 5.55. The Balaban J connectivity index is 1.77. The number of hydrogen-bond acceptors (Lipinski definition) is 2. The van der Waals surface area contributed by atoms with Crippen molar-refractivity contribution in [2.75, 3.05) is 12.4 Å². The molecule has 0 radical (unpaired) electrons. The fourth-order valence-corrected chi connectivity index (χ4v) is 3.02. The molecule has 1 aliphatic rings. The standard InChI is InChI=1S/C16H15Cl2NO/c1-20-14-4-5-15(18)16(9-14)19-13-7-10-2-3-12(17)6-11(10)8-13/h2-6,9,13,19H,7-8H2,1H3. The Labute approximate surface area is 128 Å². The topological polar surface area (TPSA) is 21.3 Å². The molecule has 0 heterocycles. The van der Waals surface area contributed by atoms with Crippen LogP contribution in [-0.2, 0) is 12.8 Å². The Bertz CT molecular complexity index is 642. The van der Waals surface area contributed by atoms with E-state index in [4.69, 9.17) is 27.9 Å². The molecular weight excluding hydrogens is 293 g/mol. The molecule has 0 spiro atoms. The maximum absolute atomic E-state index is 6.23. The van der Waals surface area contributed by atoms with Crippen molar-refractivity contribution in [1.29, 1.82) is 0 Å². The second-order valence-electron chi connectivity index (χ2n) is 5.01. The zero-order chi connectivity index (χ0) is 14.1. The zero-order valence-corrected chi connectivity index (χ0v) is 12.6. The van der Waals surface area contributed by atoms with Crippen molar-refractivity contribution >= 4 is 28.9 Å². The Morgan fingerprint density at radius 3 is 2.65 bits per heavy atom. The van der Waals surface area contributed by atoms with Crippen molar-refractivity contribution < 1.29 is 4.74 Å². The van der Waals surface area contributed by atoms with E-state index in [0.29, 0.717) is 11.1 Å². The normalized spacial score (nSPS) is 16.9. The average Bonchev–Trinajstić information content (AvgIpc) is 2.82. The van der Waals surface area contributed by atoms with Crippen LogP contribution < -0.4 is 10.1 Å². The smallest absolute Gasteiger partial charge is 0.121 e. The molecule has 0 aliphatic heterocycles. The highest BCUT2D eigenvalue weighted by Crippen LogP contribution is 2.31. The van der Waals surface area contributed by atoms with Gasteiger partial charge in [-0.05, 0) is 48.2 Å². The van der Waals surface area contributed by atoms with Gasteiger partial charge in [0.1, 0.15) is 5.75 Å². The van der Waals surface area contributed by atoms with Gasteiger partial charge in [-0.15, -0.1) is 0 Å². The Morgan fingerprint density at radius 1 is 1.05 bits per heavy atom. The van der Waals surface area contributed by atoms with Gasteiger partial charge in [-0.2, -0.15) is 0 Å². The maximum Gasteiger partial charge on any atom is 0.121 e. The van der Waals surface area contributed by atoms with Gasteiger partial charge < -0.3 is 10.1 Å². The molecule has 2 nitrogen and oxygen atoms in total. The number of methoxy groups -OCH3 is 1. The lowest BCUT2D eigenvalue weighted by molar-refractivity contribution is 0.415. The predicted molar refractivity (Wildman–Crippen MR) is 84.3 cm³/mol. The van der Waals surface area contributed by atoms with Crippen LogP contribution in [0.1, 0.15) is 11.1 Å². The molecule has 1 aliphatic carbocycles. The molecule has 4 heteroatoms. The van der Waals surface area contributed by atoms with Crippen molar-refractivity contribution in [3.05, 3.63) is 57.6 Å². The first-order chi connectivity index (χ1) is 9.65. The Kier molecular flexibility index (Phi) is 3.77. The molecule has 0 saturated carbocycles. The minimum atomic E-state index is 0.341. The minimum Gasteiger partial charge on any atom is -0.497 e. The van der Waals surface area contributed by atoms with Gasteiger partial charge in [-0.25, -0.2) is 0 Å². The number of benzene rings is 2. The van der Waals surface area contributed by atoms with Gasteiger partial charge in [0.05, 0.1) is 17.8 Å². The summed E-state index contributed by atoms with van der Waals surface area (Å²) in [5, 5.41) is 5.00. The van der Waals surface area contributed by atoms with E-state index in [1.165, 1.54) is 11.1 Å². The average molecular weight is 308 g/mol. The Morgan fingerprint density at radius 2 is 1.85 bits per heavy atom. The lowest BCUT2D eigenvalue weighted by Crippen LogP contribution is -2.19. The SMILES string of the molecule is COc1ccc(Cl)c(NC2Cc3ccc(Cl)cc3C2)c1. The molecule has 2 aromatic rings. The summed E-state index contributed by atoms with van der Waals surface area (Å²) in [7, 11) is 1.65. The Hall–Kier alpha value is -1.38. The lowest BCUT2D eigenvalue weighted by Gasteiger charge is -2.15. The van der Waals surface area contributed by atoms with E-state index >= 15 is 0 Å². The molecule has 1 unspecified atom stereocenters. The summed E-state index contributed by atoms with van der Waals surface area (Å²) in [6.45, 7) is 0. The van der Waals surface area contributed by atoms with E-state index in [1.807, 2.05) is 30.3 Å². The number of rotatable bonds is 3. The third-order valence-electron chi connectivity index (χ3n) is 3.63. The van der Waals surface area contributed by atoms with Gasteiger partial charge in [0.15, 0.2) is 0 Å². The van der Waals surface area contributed by atoms with Crippen molar-refractivity contribution in [2.45, 2.75) is 18.9 Å². The van der Waals surface area contributed by atoms with Crippen LogP contribution in [0.4, 0.5) is 5.69 Å². The molecule has 0 saturated heterocycles. The first kappa shape index (κ1) is 13.6. The summed E-state index contributed by atoms with van der Waals surface area (Å²) in [6.07, 6.45) is 1.95. The number of halogens is 2. The van der Waals surface area contributed by atoms with Crippen LogP contribution in [0.5, 0.6) is 5.75 Å². The predicted octanol–water partition coefficient (Wildman–Crippen LogP) is 4.58. The van der Waals surface area contributed by atoms with Gasteiger partial charge in [-0.3, -0.25) is 0 Å². The molecule has 0 bridgehead atoms. The van der Waals surface area contributed by atoms with Crippen molar-refractivity contribution in [3.63, 3.8) is 0 Å². The second-order valence-corrected chi connectivity index (χ2v) is 5.85. The summed E-state index contributed by atoms with van der Waals surface area (Å²) in [6, 6.07) is 12.1. The zero-order valence-electron chi connectivity index (χ0n) is 11.1. The summed E-state index contributed by atoms with van der Waals surface area (Å²) < 4.78 is 5.24. The molecule has 1 atom stereocenters. The molecule has 0 fully saturated rings. The number of anilines is 1. The van der Waals surface area contributed by atoms with E-state index < -0.39 is 0 Å². The van der Waals surface area contributed by atoms with Crippen LogP contribution in [0.2, 0.25) is 10.0 Å². The molecule has 0 aromatic heterocycles. The number of hydrogen-bond donors (Lipinski definition) is 1. The van der Waals surface area contributed by atoms with Gasteiger partial charge in [0.25, 0.3) is 0 Å². The van der Waals surface area contributed by atoms with Gasteiger partial charge in [0, 0.05) is 17.1 Å². The highest BCUT2D eigenvalue weighted by atomic mass is 35.5. The third kappa shape index (κ3) is 2.72. The number of ether oxygens (including phenoxy) is 1. The van der Waals surface area contributed by atoms with Crippen LogP contribution >= 0.6 is 23.2 Å². The van der Waals surface area contributed by atoms with E-state index in [9.17, 15) is 0 Å². The molecule has 2 aromatic carbocycles. The number of nitrogens with one attached hydrogen (secondary N) is 1. The molecule has 1 N–H and O–H groups in total. The fourth-order valence-electron chi connectivity index (χ4n) is 2.65. The van der Waals surface area contributed by atoms with Crippen LogP contribution in [0.25, 0.3) is 0 Å². The van der Waals surface area contributed by atoms with Gasteiger partial charge in [-0.1, -0.05) is 29.3 Å². The van der Waals surface area contributed by atoms with Gasteiger partial charge >= 0.3 is 0 Å². The monoisotopic (exact) mass is 307 g/mol. The summed E-state index contributed by atoms with van der Waals surface area (Å²) in [5.41, 5.74) is 3.58. The summed E-state index contributed by atoms with van der Waals surface area (Å²) in [5.74, 6) is 0.801. The van der Waals surface area contributed by atoms with Crippen molar-refractivity contribution in [3.8, 4) is 5.75 Å². The largest absolute Gasteiger partial charge is 0.497 e. The highest BCUT2D eigenvalue weighted by molar-refractivity contribution is 6.33. The van der Waals surface area contributed by atoms with E-state index in [-0.39, 0.29) is 0 Å². The molecular formula is C16H15Cl2NO. The van der Waals surface area contributed by atoms with Gasteiger partial charge in [0.2, 0.25) is 0 Å². The quantitative estimate of drug-likeness (QED) is 0.896. The first-order valence-corrected chi connectivity index (χ1v) is 7.28. The first-order valence-electron chi connectivity index (χ1n) is 6.53.